The molecular formula is C12H17FO. The lowest BCUT2D eigenvalue weighted by Crippen LogP contribution is -2.20. The summed E-state index contributed by atoms with van der Waals surface area (Å²) in [5.41, 5.74) is 1.01. The highest BCUT2D eigenvalue weighted by Gasteiger charge is 2.09. The summed E-state index contributed by atoms with van der Waals surface area (Å²) in [6.07, 6.45) is 0.831. The Balaban J connectivity index is 2.35. The van der Waals surface area contributed by atoms with Gasteiger partial charge in [-0.15, -0.1) is 0 Å². The fourth-order valence-electron chi connectivity index (χ4n) is 1.13. The van der Waals surface area contributed by atoms with Crippen LogP contribution >= 0.6 is 0 Å². The maximum absolute atomic E-state index is 12.6. The summed E-state index contributed by atoms with van der Waals surface area (Å²) in [6.45, 7) is 6.75. The maximum atomic E-state index is 12.6. The van der Waals surface area contributed by atoms with Crippen LogP contribution in [0.15, 0.2) is 24.3 Å². The van der Waals surface area contributed by atoms with E-state index >= 15 is 0 Å². The number of halogens is 1. The van der Waals surface area contributed by atoms with Crippen molar-refractivity contribution in [2.75, 3.05) is 6.61 Å². The van der Waals surface area contributed by atoms with Gasteiger partial charge in [-0.05, 0) is 44.9 Å². The molecule has 0 aromatic heterocycles. The Labute approximate surface area is 84.9 Å². The second kappa shape index (κ2) is 4.56. The molecule has 0 bridgehead atoms. The summed E-state index contributed by atoms with van der Waals surface area (Å²) in [7, 11) is 0. The van der Waals surface area contributed by atoms with Gasteiger partial charge in [0.1, 0.15) is 5.82 Å². The molecule has 14 heavy (non-hydrogen) atoms. The van der Waals surface area contributed by atoms with Gasteiger partial charge in [-0.25, -0.2) is 4.39 Å². The number of ether oxygens (including phenoxy) is 1. The summed E-state index contributed by atoms with van der Waals surface area (Å²) in [6, 6.07) is 6.54. The third kappa shape index (κ3) is 4.38. The minimum Gasteiger partial charge on any atom is -0.376 e. The third-order valence-corrected chi connectivity index (χ3v) is 1.84. The van der Waals surface area contributed by atoms with Crippen molar-refractivity contribution in [2.24, 2.45) is 0 Å². The molecule has 0 fully saturated rings. The molecule has 0 aliphatic rings. The van der Waals surface area contributed by atoms with E-state index in [0.29, 0.717) is 6.61 Å². The minimum atomic E-state index is -0.189. The fraction of sp³-hybridized carbons (Fsp3) is 0.500. The molecule has 0 saturated heterocycles. The first-order valence-corrected chi connectivity index (χ1v) is 4.86. The second-order valence-corrected chi connectivity index (χ2v) is 4.34. The van der Waals surface area contributed by atoms with Gasteiger partial charge < -0.3 is 4.74 Å². The molecule has 0 atom stereocenters. The highest BCUT2D eigenvalue weighted by atomic mass is 19.1. The highest BCUT2D eigenvalue weighted by molar-refractivity contribution is 5.16. The quantitative estimate of drug-likeness (QED) is 0.721. The molecule has 1 nitrogen and oxygen atoms in total. The SMILES string of the molecule is CC(C)(C)OCCc1ccc(F)cc1. The van der Waals surface area contributed by atoms with Gasteiger partial charge >= 0.3 is 0 Å². The first-order valence-electron chi connectivity index (χ1n) is 4.86. The van der Waals surface area contributed by atoms with E-state index in [1.54, 1.807) is 12.1 Å². The lowest BCUT2D eigenvalue weighted by Gasteiger charge is -2.19. The average molecular weight is 196 g/mol. The van der Waals surface area contributed by atoms with Crippen LogP contribution in [-0.2, 0) is 11.2 Å². The predicted molar refractivity (Wildman–Crippen MR) is 55.8 cm³/mol. The largest absolute Gasteiger partial charge is 0.376 e. The fourth-order valence-corrected chi connectivity index (χ4v) is 1.13. The number of benzene rings is 1. The third-order valence-electron chi connectivity index (χ3n) is 1.84. The molecular weight excluding hydrogens is 179 g/mol. The van der Waals surface area contributed by atoms with Crippen molar-refractivity contribution in [3.8, 4) is 0 Å². The van der Waals surface area contributed by atoms with Crippen LogP contribution in [-0.4, -0.2) is 12.2 Å². The van der Waals surface area contributed by atoms with Crippen LogP contribution in [0.25, 0.3) is 0 Å². The molecule has 0 unspecified atom stereocenters. The van der Waals surface area contributed by atoms with E-state index in [9.17, 15) is 4.39 Å². The zero-order valence-electron chi connectivity index (χ0n) is 9.01. The Hall–Kier alpha value is -0.890. The lowest BCUT2D eigenvalue weighted by molar-refractivity contribution is -0.000982. The van der Waals surface area contributed by atoms with Crippen molar-refractivity contribution in [3.05, 3.63) is 35.6 Å². The zero-order chi connectivity index (χ0) is 10.6. The topological polar surface area (TPSA) is 9.23 Å². The van der Waals surface area contributed by atoms with Gasteiger partial charge in [-0.3, -0.25) is 0 Å². The molecule has 0 aliphatic carbocycles. The van der Waals surface area contributed by atoms with Crippen LogP contribution in [0.3, 0.4) is 0 Å². The Kier molecular flexibility index (Phi) is 3.64. The molecule has 1 aromatic carbocycles. The Morgan fingerprint density at radius 2 is 1.71 bits per heavy atom. The smallest absolute Gasteiger partial charge is 0.123 e. The van der Waals surface area contributed by atoms with E-state index in [1.807, 2.05) is 20.8 Å². The maximum Gasteiger partial charge on any atom is 0.123 e. The van der Waals surface area contributed by atoms with Crippen LogP contribution in [0.1, 0.15) is 26.3 Å². The second-order valence-electron chi connectivity index (χ2n) is 4.34. The molecule has 0 saturated carbocycles. The van der Waals surface area contributed by atoms with Gasteiger partial charge in [0.2, 0.25) is 0 Å². The summed E-state index contributed by atoms with van der Waals surface area (Å²) >= 11 is 0. The molecule has 0 amide bonds. The summed E-state index contributed by atoms with van der Waals surface area (Å²) in [5, 5.41) is 0. The Morgan fingerprint density at radius 3 is 2.21 bits per heavy atom. The van der Waals surface area contributed by atoms with Gasteiger partial charge in [-0.2, -0.15) is 0 Å². The molecule has 0 radical (unpaired) electrons. The van der Waals surface area contributed by atoms with E-state index in [0.717, 1.165) is 12.0 Å². The molecule has 78 valence electrons. The van der Waals surface area contributed by atoms with Gasteiger partial charge in [0.15, 0.2) is 0 Å². The highest BCUT2D eigenvalue weighted by Crippen LogP contribution is 2.09. The van der Waals surface area contributed by atoms with Crippen LogP contribution in [0.4, 0.5) is 4.39 Å². The van der Waals surface area contributed by atoms with Crippen molar-refractivity contribution in [2.45, 2.75) is 32.8 Å². The molecule has 0 N–H and O–H groups in total. The summed E-state index contributed by atoms with van der Waals surface area (Å²) in [4.78, 5) is 0. The van der Waals surface area contributed by atoms with Crippen LogP contribution in [0.2, 0.25) is 0 Å². The number of hydrogen-bond acceptors (Lipinski definition) is 1. The van der Waals surface area contributed by atoms with E-state index in [2.05, 4.69) is 0 Å². The minimum absolute atomic E-state index is 0.0972. The standard InChI is InChI=1S/C12H17FO/c1-12(2,3)14-9-8-10-4-6-11(13)7-5-10/h4-7H,8-9H2,1-3H3. The Bertz CT molecular complexity index is 271. The van der Waals surface area contributed by atoms with Gasteiger partial charge in [0.25, 0.3) is 0 Å². The molecule has 0 heterocycles. The number of rotatable bonds is 3. The van der Waals surface area contributed by atoms with Crippen molar-refractivity contribution < 1.29 is 9.13 Å². The summed E-state index contributed by atoms with van der Waals surface area (Å²) < 4.78 is 18.1. The van der Waals surface area contributed by atoms with Gasteiger partial charge in [0.05, 0.1) is 12.2 Å². The van der Waals surface area contributed by atoms with Crippen LogP contribution < -0.4 is 0 Å². The van der Waals surface area contributed by atoms with Crippen molar-refractivity contribution in [3.63, 3.8) is 0 Å². The van der Waals surface area contributed by atoms with E-state index < -0.39 is 0 Å². The van der Waals surface area contributed by atoms with Crippen LogP contribution in [0.5, 0.6) is 0 Å². The molecule has 1 rings (SSSR count). The van der Waals surface area contributed by atoms with Crippen LogP contribution in [0, 0.1) is 5.82 Å². The average Bonchev–Trinajstić information content (AvgIpc) is 2.06. The monoisotopic (exact) mass is 196 g/mol. The lowest BCUT2D eigenvalue weighted by atomic mass is 10.1. The van der Waals surface area contributed by atoms with Crippen molar-refractivity contribution in [1.29, 1.82) is 0 Å². The molecule has 0 aliphatic heterocycles. The molecule has 0 spiro atoms. The van der Waals surface area contributed by atoms with E-state index in [4.69, 9.17) is 4.74 Å². The molecule has 1 aromatic rings. The van der Waals surface area contributed by atoms with Gasteiger partial charge in [-0.1, -0.05) is 12.1 Å². The van der Waals surface area contributed by atoms with Crippen molar-refractivity contribution >= 4 is 0 Å². The van der Waals surface area contributed by atoms with E-state index in [1.165, 1.54) is 12.1 Å². The first kappa shape index (κ1) is 11.2. The predicted octanol–water partition coefficient (Wildman–Crippen LogP) is 3.18. The normalized spacial score (nSPS) is 11.7. The van der Waals surface area contributed by atoms with Gasteiger partial charge in [0, 0.05) is 0 Å². The summed E-state index contributed by atoms with van der Waals surface area (Å²) in [5.74, 6) is -0.189. The molecule has 2 heteroatoms. The van der Waals surface area contributed by atoms with E-state index in [-0.39, 0.29) is 11.4 Å². The Morgan fingerprint density at radius 1 is 1.14 bits per heavy atom. The number of hydrogen-bond donors (Lipinski definition) is 0. The first-order chi connectivity index (χ1) is 6.47. The van der Waals surface area contributed by atoms with Crippen molar-refractivity contribution in [1.82, 2.24) is 0 Å². The zero-order valence-corrected chi connectivity index (χ0v) is 9.01.